The van der Waals surface area contributed by atoms with Crippen molar-refractivity contribution in [3.05, 3.63) is 11.3 Å². The van der Waals surface area contributed by atoms with E-state index in [1.165, 1.54) is 6.92 Å². The van der Waals surface area contributed by atoms with E-state index in [0.29, 0.717) is 18.7 Å². The first kappa shape index (κ1) is 11.3. The SMILES string of the molecule is CC(=O)N1CCCCCC1=C(C#N)C#N. The van der Waals surface area contributed by atoms with Gasteiger partial charge in [0, 0.05) is 19.2 Å². The summed E-state index contributed by atoms with van der Waals surface area (Å²) in [5.41, 5.74) is 0.678. The Hall–Kier alpha value is -1.81. The van der Waals surface area contributed by atoms with Crippen LogP contribution in [0.15, 0.2) is 11.3 Å². The Labute approximate surface area is 89.4 Å². The third kappa shape index (κ3) is 2.57. The van der Waals surface area contributed by atoms with Gasteiger partial charge in [0.15, 0.2) is 0 Å². The highest BCUT2D eigenvalue weighted by atomic mass is 16.2. The Bertz CT molecular complexity index is 354. The Morgan fingerprint density at radius 3 is 2.47 bits per heavy atom. The summed E-state index contributed by atoms with van der Waals surface area (Å²) in [7, 11) is 0. The van der Waals surface area contributed by atoms with E-state index in [-0.39, 0.29) is 11.5 Å². The lowest BCUT2D eigenvalue weighted by Crippen LogP contribution is -2.28. The molecule has 78 valence electrons. The summed E-state index contributed by atoms with van der Waals surface area (Å²) in [6, 6.07) is 3.72. The van der Waals surface area contributed by atoms with Gasteiger partial charge in [0.25, 0.3) is 0 Å². The predicted octanol–water partition coefficient (Wildman–Crippen LogP) is 1.71. The van der Waals surface area contributed by atoms with Gasteiger partial charge in [-0.1, -0.05) is 6.42 Å². The van der Waals surface area contributed by atoms with Crippen molar-refractivity contribution in [2.45, 2.75) is 32.6 Å². The molecule has 0 radical (unpaired) electrons. The van der Waals surface area contributed by atoms with Crippen LogP contribution in [0.25, 0.3) is 0 Å². The zero-order valence-electron chi connectivity index (χ0n) is 8.79. The fourth-order valence-electron chi connectivity index (χ4n) is 1.77. The minimum absolute atomic E-state index is 0.0760. The van der Waals surface area contributed by atoms with Crippen molar-refractivity contribution in [1.29, 1.82) is 10.5 Å². The molecule has 0 aromatic heterocycles. The number of allylic oxidation sites excluding steroid dienone is 2. The average Bonchev–Trinajstić information content (AvgIpc) is 2.45. The van der Waals surface area contributed by atoms with Gasteiger partial charge in [-0.15, -0.1) is 0 Å². The lowest BCUT2D eigenvalue weighted by molar-refractivity contribution is -0.127. The van der Waals surface area contributed by atoms with Gasteiger partial charge in [0.2, 0.25) is 5.91 Å². The highest BCUT2D eigenvalue weighted by molar-refractivity contribution is 5.76. The smallest absolute Gasteiger partial charge is 0.223 e. The molecule has 0 unspecified atom stereocenters. The van der Waals surface area contributed by atoms with Crippen molar-refractivity contribution in [2.24, 2.45) is 0 Å². The molecule has 1 saturated heterocycles. The predicted molar refractivity (Wildman–Crippen MR) is 54.1 cm³/mol. The van der Waals surface area contributed by atoms with Crippen molar-refractivity contribution in [1.82, 2.24) is 4.90 Å². The third-order valence-electron chi connectivity index (χ3n) is 2.51. The van der Waals surface area contributed by atoms with Crippen LogP contribution < -0.4 is 0 Å². The average molecular weight is 203 g/mol. The van der Waals surface area contributed by atoms with E-state index in [1.807, 2.05) is 12.1 Å². The number of rotatable bonds is 0. The number of likely N-dealkylation sites (tertiary alicyclic amines) is 1. The van der Waals surface area contributed by atoms with Crippen molar-refractivity contribution >= 4 is 5.91 Å². The van der Waals surface area contributed by atoms with E-state index in [2.05, 4.69) is 0 Å². The Balaban J connectivity index is 3.10. The van der Waals surface area contributed by atoms with E-state index >= 15 is 0 Å². The molecule has 1 aliphatic heterocycles. The van der Waals surface area contributed by atoms with Crippen LogP contribution in [-0.2, 0) is 4.79 Å². The van der Waals surface area contributed by atoms with E-state index in [9.17, 15) is 4.79 Å². The minimum atomic E-state index is -0.0881. The molecule has 0 bridgehead atoms. The van der Waals surface area contributed by atoms with Gasteiger partial charge >= 0.3 is 0 Å². The van der Waals surface area contributed by atoms with E-state index < -0.39 is 0 Å². The zero-order valence-corrected chi connectivity index (χ0v) is 8.79. The van der Waals surface area contributed by atoms with Gasteiger partial charge < -0.3 is 4.90 Å². The second-order valence-electron chi connectivity index (χ2n) is 3.53. The molecule has 0 saturated carbocycles. The van der Waals surface area contributed by atoms with Crippen LogP contribution in [-0.4, -0.2) is 17.4 Å². The van der Waals surface area contributed by atoms with Crippen molar-refractivity contribution in [3.63, 3.8) is 0 Å². The monoisotopic (exact) mass is 203 g/mol. The zero-order chi connectivity index (χ0) is 11.3. The molecular weight excluding hydrogens is 190 g/mol. The Morgan fingerprint density at radius 2 is 1.93 bits per heavy atom. The molecule has 0 atom stereocenters. The van der Waals surface area contributed by atoms with E-state index in [1.54, 1.807) is 4.90 Å². The summed E-state index contributed by atoms with van der Waals surface area (Å²) >= 11 is 0. The lowest BCUT2D eigenvalue weighted by Gasteiger charge is -2.21. The first-order valence-corrected chi connectivity index (χ1v) is 5.02. The number of carbonyl (C=O) groups excluding carboxylic acids is 1. The van der Waals surface area contributed by atoms with Crippen LogP contribution in [0.2, 0.25) is 0 Å². The normalized spacial score (nSPS) is 16.2. The summed E-state index contributed by atoms with van der Waals surface area (Å²) in [6.45, 7) is 2.09. The lowest BCUT2D eigenvalue weighted by atomic mass is 10.1. The van der Waals surface area contributed by atoms with Gasteiger partial charge in [-0.2, -0.15) is 10.5 Å². The summed E-state index contributed by atoms with van der Waals surface area (Å²) in [4.78, 5) is 12.9. The molecule has 4 heteroatoms. The first-order chi connectivity index (χ1) is 7.20. The maximum absolute atomic E-state index is 11.4. The van der Waals surface area contributed by atoms with Gasteiger partial charge in [0.1, 0.15) is 17.7 Å². The molecule has 4 nitrogen and oxygen atoms in total. The highest BCUT2D eigenvalue weighted by Gasteiger charge is 2.20. The number of carbonyl (C=O) groups is 1. The van der Waals surface area contributed by atoms with Crippen LogP contribution in [0.4, 0.5) is 0 Å². The van der Waals surface area contributed by atoms with E-state index in [0.717, 1.165) is 19.3 Å². The number of amides is 1. The van der Waals surface area contributed by atoms with Gasteiger partial charge in [-0.05, 0) is 19.3 Å². The van der Waals surface area contributed by atoms with E-state index in [4.69, 9.17) is 10.5 Å². The van der Waals surface area contributed by atoms with Crippen molar-refractivity contribution in [2.75, 3.05) is 6.54 Å². The van der Waals surface area contributed by atoms with Crippen molar-refractivity contribution < 1.29 is 4.79 Å². The largest absolute Gasteiger partial charge is 0.314 e. The fraction of sp³-hybridized carbons (Fsp3) is 0.545. The summed E-state index contributed by atoms with van der Waals surface area (Å²) in [5.74, 6) is -0.0881. The third-order valence-corrected chi connectivity index (χ3v) is 2.51. The molecule has 1 fully saturated rings. The van der Waals surface area contributed by atoms with Crippen molar-refractivity contribution in [3.8, 4) is 12.1 Å². The van der Waals surface area contributed by atoms with Gasteiger partial charge in [0.05, 0.1) is 0 Å². The van der Waals surface area contributed by atoms with Crippen LogP contribution in [0.5, 0.6) is 0 Å². The summed E-state index contributed by atoms with van der Waals surface area (Å²) in [5, 5.41) is 17.6. The molecule has 0 spiro atoms. The maximum atomic E-state index is 11.4. The van der Waals surface area contributed by atoms with Crippen LogP contribution in [0.3, 0.4) is 0 Å². The Morgan fingerprint density at radius 1 is 1.27 bits per heavy atom. The quantitative estimate of drug-likeness (QED) is 0.563. The Kier molecular flexibility index (Phi) is 3.88. The van der Waals surface area contributed by atoms with Gasteiger partial charge in [-0.3, -0.25) is 4.79 Å². The molecule has 15 heavy (non-hydrogen) atoms. The second kappa shape index (κ2) is 5.17. The maximum Gasteiger partial charge on any atom is 0.223 e. The fourth-order valence-corrected chi connectivity index (χ4v) is 1.77. The molecule has 1 aliphatic rings. The molecule has 1 rings (SSSR count). The topological polar surface area (TPSA) is 67.9 Å². The standard InChI is InChI=1S/C11H13N3O/c1-9(15)14-6-4-2-3-5-11(14)10(7-12)8-13/h2-6H2,1H3. The molecule has 0 aromatic carbocycles. The molecule has 0 N–H and O–H groups in total. The summed E-state index contributed by atoms with van der Waals surface area (Å²) < 4.78 is 0. The molecule has 1 heterocycles. The van der Waals surface area contributed by atoms with Crippen LogP contribution >= 0.6 is 0 Å². The highest BCUT2D eigenvalue weighted by Crippen LogP contribution is 2.22. The second-order valence-corrected chi connectivity index (χ2v) is 3.53. The molecular formula is C11H13N3O. The molecule has 1 amide bonds. The number of hydrogen-bond acceptors (Lipinski definition) is 3. The number of nitrogens with zero attached hydrogens (tertiary/aromatic N) is 3. The number of nitriles is 2. The minimum Gasteiger partial charge on any atom is -0.314 e. The van der Waals surface area contributed by atoms with Gasteiger partial charge in [-0.25, -0.2) is 0 Å². The summed E-state index contributed by atoms with van der Waals surface area (Å²) in [6.07, 6.45) is 3.56. The van der Waals surface area contributed by atoms with Crippen LogP contribution in [0.1, 0.15) is 32.6 Å². The van der Waals surface area contributed by atoms with Crippen LogP contribution in [0, 0.1) is 22.7 Å². The molecule has 0 aliphatic carbocycles. The number of hydrogen-bond donors (Lipinski definition) is 0. The molecule has 0 aromatic rings. The first-order valence-electron chi connectivity index (χ1n) is 5.02.